The fourth-order valence-corrected chi connectivity index (χ4v) is 5.05. The summed E-state index contributed by atoms with van der Waals surface area (Å²) in [7, 11) is 3.96. The van der Waals surface area contributed by atoms with Gasteiger partial charge in [-0.2, -0.15) is 4.98 Å². The van der Waals surface area contributed by atoms with E-state index in [1.54, 1.807) is 48.5 Å². The van der Waals surface area contributed by atoms with E-state index in [1.165, 1.54) is 0 Å². The first-order valence-corrected chi connectivity index (χ1v) is 13.2. The molecule has 5 rings (SSSR count). The second kappa shape index (κ2) is 11.2. The van der Waals surface area contributed by atoms with Crippen LogP contribution in [0.25, 0.3) is 10.9 Å². The van der Waals surface area contributed by atoms with Crippen LogP contribution in [0.5, 0.6) is 0 Å². The van der Waals surface area contributed by atoms with E-state index < -0.39 is 0 Å². The highest BCUT2D eigenvalue weighted by Crippen LogP contribution is 2.27. The molecule has 0 aliphatic heterocycles. The Morgan fingerprint density at radius 2 is 1.45 bits per heavy atom. The Balaban J connectivity index is 1.22. The van der Waals surface area contributed by atoms with Gasteiger partial charge in [-0.25, -0.2) is 4.98 Å². The first-order valence-electron chi connectivity index (χ1n) is 12.8. The summed E-state index contributed by atoms with van der Waals surface area (Å²) in [4.78, 5) is 37.8. The lowest BCUT2D eigenvalue weighted by Gasteiger charge is -2.30. The Bertz CT molecular complexity index is 1460. The average molecular weight is 528 g/mol. The van der Waals surface area contributed by atoms with Gasteiger partial charge in [0.15, 0.2) is 5.78 Å². The van der Waals surface area contributed by atoms with Crippen molar-refractivity contribution in [1.29, 1.82) is 0 Å². The van der Waals surface area contributed by atoms with E-state index in [1.807, 2.05) is 43.3 Å². The van der Waals surface area contributed by atoms with E-state index >= 15 is 0 Å². The molecule has 0 atom stereocenters. The molecule has 1 saturated carbocycles. The molecule has 0 saturated heterocycles. The van der Waals surface area contributed by atoms with Gasteiger partial charge in [-0.1, -0.05) is 41.9 Å². The lowest BCUT2D eigenvalue weighted by molar-refractivity contribution is 0.0917. The number of fused-ring (bicyclic) bond motifs is 1. The van der Waals surface area contributed by atoms with E-state index in [-0.39, 0.29) is 23.8 Å². The molecule has 0 spiro atoms. The average Bonchev–Trinajstić information content (AvgIpc) is 2.93. The zero-order chi connectivity index (χ0) is 26.6. The minimum Gasteiger partial charge on any atom is -0.362 e. The van der Waals surface area contributed by atoms with Gasteiger partial charge in [0, 0.05) is 47.7 Å². The maximum atomic E-state index is 13.2. The first-order chi connectivity index (χ1) is 18.4. The Hall–Kier alpha value is -3.97. The molecule has 3 aromatic carbocycles. The van der Waals surface area contributed by atoms with Crippen molar-refractivity contribution >= 4 is 46.0 Å². The van der Waals surface area contributed by atoms with Crippen LogP contribution in [0.4, 0.5) is 11.8 Å². The van der Waals surface area contributed by atoms with Crippen LogP contribution < -0.4 is 15.5 Å². The van der Waals surface area contributed by atoms with Gasteiger partial charge >= 0.3 is 0 Å². The van der Waals surface area contributed by atoms with Crippen molar-refractivity contribution < 1.29 is 9.59 Å². The molecule has 0 radical (unpaired) electrons. The predicted octanol–water partition coefficient (Wildman–Crippen LogP) is 5.73. The highest BCUT2D eigenvalue weighted by Gasteiger charge is 2.25. The van der Waals surface area contributed by atoms with E-state index in [0.29, 0.717) is 27.7 Å². The van der Waals surface area contributed by atoms with Crippen molar-refractivity contribution in [3.8, 4) is 0 Å². The highest BCUT2D eigenvalue weighted by atomic mass is 35.5. The summed E-state index contributed by atoms with van der Waals surface area (Å²) in [6.45, 7) is 0. The number of para-hydroxylation sites is 1. The quantitative estimate of drug-likeness (QED) is 0.298. The number of halogens is 1. The van der Waals surface area contributed by atoms with E-state index in [2.05, 4.69) is 10.6 Å². The van der Waals surface area contributed by atoms with E-state index in [0.717, 1.165) is 42.4 Å². The third-order valence-corrected chi connectivity index (χ3v) is 7.18. The van der Waals surface area contributed by atoms with Crippen LogP contribution >= 0.6 is 11.6 Å². The lowest BCUT2D eigenvalue weighted by Crippen LogP contribution is -2.40. The number of carbonyl (C=O) groups is 2. The van der Waals surface area contributed by atoms with Gasteiger partial charge < -0.3 is 15.5 Å². The molecule has 0 bridgehead atoms. The number of amides is 1. The number of carbonyl (C=O) groups excluding carboxylic acids is 2. The number of nitrogens with zero attached hydrogens (tertiary/aromatic N) is 3. The Morgan fingerprint density at radius 1 is 0.816 bits per heavy atom. The van der Waals surface area contributed by atoms with Crippen molar-refractivity contribution in [2.45, 2.75) is 37.8 Å². The molecule has 1 amide bonds. The second-order valence-corrected chi connectivity index (χ2v) is 10.3. The van der Waals surface area contributed by atoms with Crippen molar-refractivity contribution in [1.82, 2.24) is 15.3 Å². The monoisotopic (exact) mass is 527 g/mol. The fraction of sp³-hybridized carbons (Fsp3) is 0.267. The maximum Gasteiger partial charge on any atom is 0.252 e. The van der Waals surface area contributed by atoms with Gasteiger partial charge in [0.2, 0.25) is 5.95 Å². The second-order valence-electron chi connectivity index (χ2n) is 9.83. The molecule has 38 heavy (non-hydrogen) atoms. The van der Waals surface area contributed by atoms with Crippen LogP contribution in [-0.4, -0.2) is 47.8 Å². The zero-order valence-electron chi connectivity index (χ0n) is 21.4. The lowest BCUT2D eigenvalue weighted by atomic mass is 9.90. The van der Waals surface area contributed by atoms with Crippen LogP contribution in [0.15, 0.2) is 72.8 Å². The van der Waals surface area contributed by atoms with Crippen LogP contribution in [-0.2, 0) is 0 Å². The van der Waals surface area contributed by atoms with Gasteiger partial charge in [0.05, 0.1) is 11.1 Å². The Kier molecular flexibility index (Phi) is 7.56. The molecule has 2 N–H and O–H groups in total. The number of hydrogen-bond acceptors (Lipinski definition) is 6. The number of rotatable bonds is 7. The largest absolute Gasteiger partial charge is 0.362 e. The van der Waals surface area contributed by atoms with Crippen molar-refractivity contribution in [2.24, 2.45) is 0 Å². The summed E-state index contributed by atoms with van der Waals surface area (Å²) in [5.41, 5.74) is 2.16. The summed E-state index contributed by atoms with van der Waals surface area (Å²) in [6.07, 6.45) is 3.41. The number of aromatic nitrogens is 2. The molecule has 194 valence electrons. The van der Waals surface area contributed by atoms with Crippen molar-refractivity contribution in [3.05, 3.63) is 94.5 Å². The Labute approximate surface area is 227 Å². The van der Waals surface area contributed by atoms with Crippen molar-refractivity contribution in [2.75, 3.05) is 24.3 Å². The van der Waals surface area contributed by atoms with Gasteiger partial charge in [-0.15, -0.1) is 0 Å². The summed E-state index contributed by atoms with van der Waals surface area (Å²) in [5, 5.41) is 8.23. The minimum atomic E-state index is -0.229. The Morgan fingerprint density at radius 3 is 2.16 bits per heavy atom. The fourth-order valence-electron chi connectivity index (χ4n) is 4.93. The molecule has 1 aliphatic carbocycles. The van der Waals surface area contributed by atoms with Gasteiger partial charge in [0.1, 0.15) is 5.82 Å². The molecule has 8 heteroatoms. The number of hydrogen-bond donors (Lipinski definition) is 2. The van der Waals surface area contributed by atoms with Gasteiger partial charge in [-0.05, 0) is 68.1 Å². The summed E-state index contributed by atoms with van der Waals surface area (Å²) >= 11 is 5.96. The smallest absolute Gasteiger partial charge is 0.252 e. The number of nitrogens with one attached hydrogen (secondary N) is 2. The molecular weight excluding hydrogens is 498 g/mol. The molecule has 1 heterocycles. The standard InChI is InChI=1S/C30H30ClN5O2/c1-36(2)28-25-9-5-6-10-26(25)34-30(35-28)33-22-17-15-21(16-18-22)32-29(38)24-8-4-3-7-23(24)27(37)19-11-13-20(31)14-12-19/h3-14,21-22H,15-18H2,1-2H3,(H,32,38)(H,33,34,35)/t21-,22+. The minimum absolute atomic E-state index is 0.0362. The first kappa shape index (κ1) is 25.7. The van der Waals surface area contributed by atoms with Crippen LogP contribution in [0, 0.1) is 0 Å². The van der Waals surface area contributed by atoms with Crippen LogP contribution in [0.2, 0.25) is 5.02 Å². The third kappa shape index (κ3) is 5.63. The molecule has 1 aromatic heterocycles. The van der Waals surface area contributed by atoms with Crippen LogP contribution in [0.3, 0.4) is 0 Å². The molecule has 1 fully saturated rings. The van der Waals surface area contributed by atoms with Crippen LogP contribution in [0.1, 0.15) is 52.0 Å². The topological polar surface area (TPSA) is 87.2 Å². The predicted molar refractivity (Wildman–Crippen MR) is 152 cm³/mol. The zero-order valence-corrected chi connectivity index (χ0v) is 22.2. The summed E-state index contributed by atoms with van der Waals surface area (Å²) < 4.78 is 0. The molecule has 7 nitrogen and oxygen atoms in total. The molecule has 0 unspecified atom stereocenters. The van der Waals surface area contributed by atoms with E-state index in [9.17, 15) is 9.59 Å². The number of anilines is 2. The third-order valence-electron chi connectivity index (χ3n) is 6.93. The molecule has 1 aliphatic rings. The normalized spacial score (nSPS) is 17.1. The maximum absolute atomic E-state index is 13.2. The SMILES string of the molecule is CN(C)c1nc(N[C@H]2CC[C@@H](NC(=O)c3ccccc3C(=O)c3ccc(Cl)cc3)CC2)nc2ccccc12. The van der Waals surface area contributed by atoms with Crippen molar-refractivity contribution in [3.63, 3.8) is 0 Å². The molecule has 4 aromatic rings. The summed E-state index contributed by atoms with van der Waals surface area (Å²) in [5.74, 6) is 1.07. The van der Waals surface area contributed by atoms with Gasteiger partial charge in [-0.3, -0.25) is 9.59 Å². The van der Waals surface area contributed by atoms with Gasteiger partial charge in [0.25, 0.3) is 5.91 Å². The summed E-state index contributed by atoms with van der Waals surface area (Å²) in [6, 6.07) is 21.9. The van der Waals surface area contributed by atoms with E-state index in [4.69, 9.17) is 21.6 Å². The number of ketones is 1. The molecular formula is C30H30ClN5O2. The highest BCUT2D eigenvalue weighted by molar-refractivity contribution is 6.30. The number of benzene rings is 3.